The minimum atomic E-state index is -0.222. The van der Waals surface area contributed by atoms with E-state index in [1.165, 1.54) is 12.8 Å². The van der Waals surface area contributed by atoms with E-state index in [-0.39, 0.29) is 17.9 Å². The minimum absolute atomic E-state index is 0.0474. The summed E-state index contributed by atoms with van der Waals surface area (Å²) in [6.07, 6.45) is 11.0. The van der Waals surface area contributed by atoms with E-state index in [4.69, 9.17) is 4.74 Å². The SMILES string of the molecule is CC(C)CCC(C)CC(C1C=CCOC1=O)n1cccn1. The van der Waals surface area contributed by atoms with Crippen LogP contribution in [0, 0.1) is 17.8 Å². The van der Waals surface area contributed by atoms with Crippen LogP contribution in [0.3, 0.4) is 0 Å². The Balaban J connectivity index is 2.08. The maximum atomic E-state index is 12.1. The summed E-state index contributed by atoms with van der Waals surface area (Å²) in [4.78, 5) is 12.1. The Kier molecular flexibility index (Phi) is 5.59. The van der Waals surface area contributed by atoms with Gasteiger partial charge in [0.05, 0.1) is 12.0 Å². The zero-order valence-corrected chi connectivity index (χ0v) is 13.2. The Morgan fingerprint density at radius 1 is 1.38 bits per heavy atom. The van der Waals surface area contributed by atoms with Crippen molar-refractivity contribution in [3.8, 4) is 0 Å². The standard InChI is InChI=1S/C17H26N2O2/c1-13(2)7-8-14(3)12-16(19-10-5-9-18-19)15-6-4-11-21-17(15)20/h4-6,9-10,13-16H,7-8,11-12H2,1-3H3. The van der Waals surface area contributed by atoms with Crippen molar-refractivity contribution in [3.63, 3.8) is 0 Å². The molecule has 0 amide bonds. The van der Waals surface area contributed by atoms with E-state index in [0.29, 0.717) is 12.5 Å². The fraction of sp³-hybridized carbons (Fsp3) is 0.647. The molecule has 0 spiro atoms. The predicted octanol–water partition coefficient (Wildman–Crippen LogP) is 3.62. The number of cyclic esters (lactones) is 1. The van der Waals surface area contributed by atoms with E-state index in [9.17, 15) is 4.79 Å². The normalized spacial score (nSPS) is 21.3. The van der Waals surface area contributed by atoms with Gasteiger partial charge < -0.3 is 4.74 Å². The van der Waals surface area contributed by atoms with Crippen LogP contribution >= 0.6 is 0 Å². The predicted molar refractivity (Wildman–Crippen MR) is 82.7 cm³/mol. The number of nitrogens with zero attached hydrogens (tertiary/aromatic N) is 2. The second kappa shape index (κ2) is 7.43. The molecule has 4 heteroatoms. The summed E-state index contributed by atoms with van der Waals surface area (Å²) in [5, 5.41) is 4.35. The Hall–Kier alpha value is -1.58. The van der Waals surface area contributed by atoms with Crippen LogP contribution in [0.15, 0.2) is 30.6 Å². The van der Waals surface area contributed by atoms with Crippen molar-refractivity contribution >= 4 is 5.97 Å². The Bertz CT molecular complexity index is 465. The zero-order valence-electron chi connectivity index (χ0n) is 13.2. The first-order valence-electron chi connectivity index (χ1n) is 7.90. The van der Waals surface area contributed by atoms with Gasteiger partial charge >= 0.3 is 5.97 Å². The summed E-state index contributed by atoms with van der Waals surface area (Å²) in [5.74, 6) is 0.925. The van der Waals surface area contributed by atoms with E-state index >= 15 is 0 Å². The van der Waals surface area contributed by atoms with Gasteiger partial charge in [-0.3, -0.25) is 9.48 Å². The molecule has 116 valence electrons. The first-order valence-corrected chi connectivity index (χ1v) is 7.90. The highest BCUT2D eigenvalue weighted by Crippen LogP contribution is 2.31. The molecule has 1 aromatic rings. The van der Waals surface area contributed by atoms with Gasteiger partial charge in [-0.05, 0) is 24.3 Å². The van der Waals surface area contributed by atoms with Crippen molar-refractivity contribution in [1.82, 2.24) is 9.78 Å². The van der Waals surface area contributed by atoms with Crippen LogP contribution in [0.25, 0.3) is 0 Å². The molecule has 2 heterocycles. The lowest BCUT2D eigenvalue weighted by Crippen LogP contribution is -2.30. The highest BCUT2D eigenvalue weighted by molar-refractivity contribution is 5.76. The van der Waals surface area contributed by atoms with E-state index in [1.54, 1.807) is 6.20 Å². The van der Waals surface area contributed by atoms with E-state index in [0.717, 1.165) is 12.3 Å². The summed E-state index contributed by atoms with van der Waals surface area (Å²) >= 11 is 0. The van der Waals surface area contributed by atoms with Crippen LogP contribution in [-0.2, 0) is 9.53 Å². The number of ether oxygens (including phenoxy) is 1. The monoisotopic (exact) mass is 290 g/mol. The third-order valence-electron chi connectivity index (χ3n) is 4.10. The van der Waals surface area contributed by atoms with Crippen molar-refractivity contribution < 1.29 is 9.53 Å². The van der Waals surface area contributed by atoms with Gasteiger partial charge in [0.15, 0.2) is 0 Å². The number of rotatable bonds is 7. The van der Waals surface area contributed by atoms with Crippen LogP contribution in [0.2, 0.25) is 0 Å². The number of esters is 1. The molecule has 2 rings (SSSR count). The molecule has 1 aliphatic heterocycles. The third-order valence-corrected chi connectivity index (χ3v) is 4.10. The van der Waals surface area contributed by atoms with Gasteiger partial charge in [0.1, 0.15) is 6.61 Å². The van der Waals surface area contributed by atoms with Crippen molar-refractivity contribution in [3.05, 3.63) is 30.6 Å². The van der Waals surface area contributed by atoms with Crippen molar-refractivity contribution in [2.45, 2.75) is 46.1 Å². The topological polar surface area (TPSA) is 44.1 Å². The largest absolute Gasteiger partial charge is 0.461 e. The molecule has 0 saturated carbocycles. The van der Waals surface area contributed by atoms with Crippen LogP contribution in [0.5, 0.6) is 0 Å². The van der Waals surface area contributed by atoms with E-state index in [2.05, 4.69) is 25.9 Å². The van der Waals surface area contributed by atoms with Gasteiger partial charge in [0.25, 0.3) is 0 Å². The van der Waals surface area contributed by atoms with Crippen LogP contribution < -0.4 is 0 Å². The molecule has 1 aromatic heterocycles. The first-order chi connectivity index (χ1) is 10.1. The highest BCUT2D eigenvalue weighted by atomic mass is 16.5. The fourth-order valence-electron chi connectivity index (χ4n) is 2.84. The molecule has 0 saturated heterocycles. The van der Waals surface area contributed by atoms with Crippen molar-refractivity contribution in [2.24, 2.45) is 17.8 Å². The Labute approximate surface area is 127 Å². The molecule has 4 nitrogen and oxygen atoms in total. The number of aromatic nitrogens is 2. The Morgan fingerprint density at radius 2 is 2.19 bits per heavy atom. The third kappa shape index (κ3) is 4.45. The maximum absolute atomic E-state index is 12.1. The van der Waals surface area contributed by atoms with Crippen molar-refractivity contribution in [2.75, 3.05) is 6.61 Å². The zero-order chi connectivity index (χ0) is 15.2. The molecule has 3 unspecified atom stereocenters. The van der Waals surface area contributed by atoms with E-state index in [1.807, 2.05) is 29.1 Å². The van der Waals surface area contributed by atoms with Crippen LogP contribution in [-0.4, -0.2) is 22.4 Å². The summed E-state index contributed by atoms with van der Waals surface area (Å²) in [5.41, 5.74) is 0. The molecular formula is C17H26N2O2. The average Bonchev–Trinajstić information content (AvgIpc) is 2.97. The first kappa shape index (κ1) is 15.8. The molecular weight excluding hydrogens is 264 g/mol. The molecule has 0 N–H and O–H groups in total. The fourth-order valence-corrected chi connectivity index (χ4v) is 2.84. The van der Waals surface area contributed by atoms with Gasteiger partial charge in [-0.1, -0.05) is 45.8 Å². The Morgan fingerprint density at radius 3 is 2.81 bits per heavy atom. The molecule has 0 bridgehead atoms. The number of carbonyl (C=O) groups excluding carboxylic acids is 1. The molecule has 0 fully saturated rings. The summed E-state index contributed by atoms with van der Waals surface area (Å²) < 4.78 is 7.09. The number of carbonyl (C=O) groups is 1. The molecule has 0 radical (unpaired) electrons. The minimum Gasteiger partial charge on any atom is -0.461 e. The molecule has 3 atom stereocenters. The molecule has 0 aromatic carbocycles. The quantitative estimate of drug-likeness (QED) is 0.569. The maximum Gasteiger partial charge on any atom is 0.315 e. The van der Waals surface area contributed by atoms with Gasteiger partial charge in [-0.15, -0.1) is 0 Å². The summed E-state index contributed by atoms with van der Waals surface area (Å²) in [6, 6.07) is 1.95. The lowest BCUT2D eigenvalue weighted by Gasteiger charge is -2.28. The van der Waals surface area contributed by atoms with Gasteiger partial charge in [0, 0.05) is 12.4 Å². The summed E-state index contributed by atoms with van der Waals surface area (Å²) in [7, 11) is 0. The van der Waals surface area contributed by atoms with Crippen LogP contribution in [0.1, 0.15) is 46.1 Å². The summed E-state index contributed by atoms with van der Waals surface area (Å²) in [6.45, 7) is 7.15. The van der Waals surface area contributed by atoms with Crippen LogP contribution in [0.4, 0.5) is 0 Å². The average molecular weight is 290 g/mol. The van der Waals surface area contributed by atoms with Gasteiger partial charge in [-0.25, -0.2) is 0 Å². The van der Waals surface area contributed by atoms with E-state index < -0.39 is 0 Å². The smallest absolute Gasteiger partial charge is 0.315 e. The lowest BCUT2D eigenvalue weighted by molar-refractivity contribution is -0.148. The van der Waals surface area contributed by atoms with Gasteiger partial charge in [0.2, 0.25) is 0 Å². The second-order valence-corrected chi connectivity index (χ2v) is 6.45. The molecule has 0 aliphatic carbocycles. The molecule has 21 heavy (non-hydrogen) atoms. The highest BCUT2D eigenvalue weighted by Gasteiger charge is 2.31. The lowest BCUT2D eigenvalue weighted by atomic mass is 9.87. The number of hydrogen-bond donors (Lipinski definition) is 0. The van der Waals surface area contributed by atoms with Gasteiger partial charge in [-0.2, -0.15) is 5.10 Å². The van der Waals surface area contributed by atoms with Crippen molar-refractivity contribution in [1.29, 1.82) is 0 Å². The second-order valence-electron chi connectivity index (χ2n) is 6.45. The molecule has 1 aliphatic rings. The number of hydrogen-bond acceptors (Lipinski definition) is 3.